The number of nitrogens with one attached hydrogen (secondary N) is 1. The predicted octanol–water partition coefficient (Wildman–Crippen LogP) is 1.76. The number of aryl methyl sites for hydroxylation is 1. The van der Waals surface area contributed by atoms with Gasteiger partial charge in [0.05, 0.1) is 22.9 Å². The molecule has 0 bridgehead atoms. The van der Waals surface area contributed by atoms with Crippen LogP contribution in [0.4, 0.5) is 5.69 Å². The van der Waals surface area contributed by atoms with Gasteiger partial charge in [0.25, 0.3) is 5.56 Å². The van der Waals surface area contributed by atoms with Gasteiger partial charge in [-0.05, 0) is 36.8 Å². The molecule has 0 aromatic carbocycles. The molecule has 3 aromatic rings. The number of carbonyl (C=O) groups excluding carboxylic acids is 1. The first kappa shape index (κ1) is 17.4. The van der Waals surface area contributed by atoms with E-state index in [-0.39, 0.29) is 5.56 Å². The van der Waals surface area contributed by atoms with E-state index in [9.17, 15) is 9.59 Å². The summed E-state index contributed by atoms with van der Waals surface area (Å²) in [6.07, 6.45) is 4.40. The Hall–Kier alpha value is -3.06. The van der Waals surface area contributed by atoms with Gasteiger partial charge in [-0.25, -0.2) is 0 Å². The summed E-state index contributed by atoms with van der Waals surface area (Å²) in [5, 5.41) is 0. The van der Waals surface area contributed by atoms with Crippen molar-refractivity contribution in [3.8, 4) is 0 Å². The third kappa shape index (κ3) is 3.73. The number of rotatable bonds is 4. The minimum absolute atomic E-state index is 0.0655. The van der Waals surface area contributed by atoms with Crippen LogP contribution in [0.2, 0.25) is 0 Å². The van der Waals surface area contributed by atoms with Gasteiger partial charge in [-0.1, -0.05) is 0 Å². The van der Waals surface area contributed by atoms with Crippen LogP contribution in [-0.2, 0) is 6.54 Å². The van der Waals surface area contributed by atoms with Crippen molar-refractivity contribution < 1.29 is 4.79 Å². The quantitative estimate of drug-likeness (QED) is 0.712. The highest BCUT2D eigenvalue weighted by atomic mass is 16.1. The summed E-state index contributed by atoms with van der Waals surface area (Å²) in [6, 6.07) is 7.52. The first-order valence-corrected chi connectivity index (χ1v) is 8.99. The van der Waals surface area contributed by atoms with Gasteiger partial charge < -0.3 is 9.88 Å². The van der Waals surface area contributed by atoms with Crippen LogP contribution in [0.15, 0.2) is 41.5 Å². The van der Waals surface area contributed by atoms with E-state index < -0.39 is 0 Å². The van der Waals surface area contributed by atoms with E-state index >= 15 is 0 Å². The molecule has 0 saturated carbocycles. The summed E-state index contributed by atoms with van der Waals surface area (Å²) in [5.41, 5.74) is 4.79. The zero-order valence-electron chi connectivity index (χ0n) is 15.2. The Bertz CT molecular complexity index is 1020. The van der Waals surface area contributed by atoms with Crippen LogP contribution in [0.3, 0.4) is 0 Å². The minimum atomic E-state index is -0.0655. The fourth-order valence-corrected chi connectivity index (χ4v) is 3.39. The largest absolute Gasteiger partial charge is 0.368 e. The maximum Gasteiger partial charge on any atom is 0.251 e. The SMILES string of the molecule is Cc1cc2ncc(CN3CCN(c4ccc(C=O)nc4)CC3)cc2[nH]c1=O. The maximum atomic E-state index is 11.8. The number of anilines is 1. The van der Waals surface area contributed by atoms with Crippen molar-refractivity contribution in [1.82, 2.24) is 19.9 Å². The number of fused-ring (bicyclic) bond motifs is 1. The Kier molecular flexibility index (Phi) is 4.68. The van der Waals surface area contributed by atoms with Gasteiger partial charge in [-0.15, -0.1) is 0 Å². The molecule has 1 fully saturated rings. The molecule has 7 heteroatoms. The predicted molar refractivity (Wildman–Crippen MR) is 104 cm³/mol. The average Bonchev–Trinajstić information content (AvgIpc) is 2.70. The van der Waals surface area contributed by atoms with Gasteiger partial charge in [0.1, 0.15) is 5.69 Å². The lowest BCUT2D eigenvalue weighted by Crippen LogP contribution is -2.46. The van der Waals surface area contributed by atoms with Crippen molar-refractivity contribution >= 4 is 23.0 Å². The number of H-pyrrole nitrogens is 1. The standard InChI is InChI=1S/C20H21N5O2/c1-14-8-18-19(23-20(14)27)9-15(10-22-18)12-24-4-6-25(7-5-24)17-3-2-16(13-26)21-11-17/h2-3,8-11,13H,4-7,12H2,1H3,(H,23,27). The van der Waals surface area contributed by atoms with E-state index in [0.29, 0.717) is 11.3 Å². The molecule has 3 aromatic heterocycles. The smallest absolute Gasteiger partial charge is 0.251 e. The summed E-state index contributed by atoms with van der Waals surface area (Å²) in [6.45, 7) is 6.25. The molecular weight excluding hydrogens is 342 g/mol. The Labute approximate surface area is 156 Å². The summed E-state index contributed by atoms with van der Waals surface area (Å²) in [7, 11) is 0. The molecule has 0 unspecified atom stereocenters. The van der Waals surface area contributed by atoms with Crippen molar-refractivity contribution in [2.75, 3.05) is 31.1 Å². The molecule has 7 nitrogen and oxygen atoms in total. The van der Waals surface area contributed by atoms with Crippen LogP contribution in [0.25, 0.3) is 11.0 Å². The Balaban J connectivity index is 1.41. The molecule has 4 rings (SSSR count). The summed E-state index contributed by atoms with van der Waals surface area (Å²) < 4.78 is 0. The molecule has 27 heavy (non-hydrogen) atoms. The van der Waals surface area contributed by atoms with E-state index in [4.69, 9.17) is 0 Å². The van der Waals surface area contributed by atoms with Crippen LogP contribution in [0.5, 0.6) is 0 Å². The molecule has 0 amide bonds. The Morgan fingerprint density at radius 2 is 1.93 bits per heavy atom. The van der Waals surface area contributed by atoms with Gasteiger partial charge in [-0.2, -0.15) is 0 Å². The molecule has 1 aliphatic heterocycles. The van der Waals surface area contributed by atoms with Crippen LogP contribution in [-0.4, -0.2) is 52.3 Å². The van der Waals surface area contributed by atoms with E-state index in [1.54, 1.807) is 19.2 Å². The second-order valence-corrected chi connectivity index (χ2v) is 6.88. The highest BCUT2D eigenvalue weighted by molar-refractivity contribution is 5.74. The Morgan fingerprint density at radius 1 is 1.11 bits per heavy atom. The molecule has 4 heterocycles. The number of aromatic amines is 1. The summed E-state index contributed by atoms with van der Waals surface area (Å²) >= 11 is 0. The number of aldehydes is 1. The number of hydrogen-bond donors (Lipinski definition) is 1. The third-order valence-corrected chi connectivity index (χ3v) is 4.97. The maximum absolute atomic E-state index is 11.8. The molecular formula is C20H21N5O2. The van der Waals surface area contributed by atoms with Crippen molar-refractivity contribution in [1.29, 1.82) is 0 Å². The lowest BCUT2D eigenvalue weighted by atomic mass is 10.2. The van der Waals surface area contributed by atoms with Gasteiger partial charge in [0.2, 0.25) is 0 Å². The van der Waals surface area contributed by atoms with Gasteiger partial charge in [-0.3, -0.25) is 24.5 Å². The molecule has 0 atom stereocenters. The van der Waals surface area contributed by atoms with E-state index in [2.05, 4.69) is 24.8 Å². The van der Waals surface area contributed by atoms with Crippen LogP contribution in [0.1, 0.15) is 21.6 Å². The topological polar surface area (TPSA) is 82.2 Å². The highest BCUT2D eigenvalue weighted by Gasteiger charge is 2.18. The number of nitrogens with zero attached hydrogens (tertiary/aromatic N) is 4. The molecule has 1 saturated heterocycles. The number of piperazine rings is 1. The van der Waals surface area contributed by atoms with E-state index in [1.165, 1.54) is 0 Å². The minimum Gasteiger partial charge on any atom is -0.368 e. The average molecular weight is 363 g/mol. The van der Waals surface area contributed by atoms with Gasteiger partial charge in [0.15, 0.2) is 6.29 Å². The van der Waals surface area contributed by atoms with Crippen LogP contribution < -0.4 is 10.5 Å². The summed E-state index contributed by atoms with van der Waals surface area (Å²) in [4.78, 5) is 38.7. The monoisotopic (exact) mass is 363 g/mol. The Morgan fingerprint density at radius 3 is 2.63 bits per heavy atom. The molecule has 0 spiro atoms. The second kappa shape index (κ2) is 7.28. The first-order chi connectivity index (χ1) is 13.1. The van der Waals surface area contributed by atoms with Crippen LogP contribution >= 0.6 is 0 Å². The van der Waals surface area contributed by atoms with Gasteiger partial charge in [0, 0.05) is 44.5 Å². The lowest BCUT2D eigenvalue weighted by molar-refractivity contribution is 0.111. The highest BCUT2D eigenvalue weighted by Crippen LogP contribution is 2.17. The zero-order valence-corrected chi connectivity index (χ0v) is 15.2. The molecule has 1 N–H and O–H groups in total. The van der Waals surface area contributed by atoms with Crippen LogP contribution in [0, 0.1) is 6.92 Å². The normalized spacial score (nSPS) is 15.2. The molecule has 1 aliphatic rings. The third-order valence-electron chi connectivity index (χ3n) is 4.97. The number of hydrogen-bond acceptors (Lipinski definition) is 6. The van der Waals surface area contributed by atoms with E-state index in [0.717, 1.165) is 61.3 Å². The number of aromatic nitrogens is 3. The van der Waals surface area contributed by atoms with E-state index in [1.807, 2.05) is 24.4 Å². The second-order valence-electron chi connectivity index (χ2n) is 6.88. The van der Waals surface area contributed by atoms with Crippen molar-refractivity contribution in [2.24, 2.45) is 0 Å². The molecule has 138 valence electrons. The first-order valence-electron chi connectivity index (χ1n) is 8.99. The fourth-order valence-electron chi connectivity index (χ4n) is 3.39. The zero-order chi connectivity index (χ0) is 18.8. The van der Waals surface area contributed by atoms with Crippen molar-refractivity contribution in [2.45, 2.75) is 13.5 Å². The number of carbonyl (C=O) groups is 1. The molecule has 0 aliphatic carbocycles. The molecule has 0 radical (unpaired) electrons. The summed E-state index contributed by atoms with van der Waals surface area (Å²) in [5.74, 6) is 0. The van der Waals surface area contributed by atoms with Crippen molar-refractivity contribution in [3.05, 3.63) is 63.8 Å². The lowest BCUT2D eigenvalue weighted by Gasteiger charge is -2.35. The number of pyridine rings is 3. The van der Waals surface area contributed by atoms with Crippen molar-refractivity contribution in [3.63, 3.8) is 0 Å². The van der Waals surface area contributed by atoms with Gasteiger partial charge >= 0.3 is 0 Å². The fraction of sp³-hybridized carbons (Fsp3) is 0.300.